The summed E-state index contributed by atoms with van der Waals surface area (Å²) < 4.78 is 1.40. The number of unbranched alkanes of at least 4 members (excludes halogenated alkanes) is 8. The summed E-state index contributed by atoms with van der Waals surface area (Å²) in [5, 5.41) is 0. The van der Waals surface area contributed by atoms with Gasteiger partial charge in [0.1, 0.15) is 0 Å². The van der Waals surface area contributed by atoms with Gasteiger partial charge in [-0.3, -0.25) is 0 Å². The maximum atomic E-state index is 2.36. The number of quaternary nitrogens is 1. The molecule has 0 aromatic carbocycles. The van der Waals surface area contributed by atoms with E-state index in [0.29, 0.717) is 0 Å². The summed E-state index contributed by atoms with van der Waals surface area (Å²) in [6, 6.07) is 0. The standard InChI is InChI=1S/C20H44N.HI/c1-5-9-10-11-12-13-14-15-16-20-21(17-6-2,18-7-3)19-8-4;/h5-20H2,1-4H3;1H/q+1;/p-1. The van der Waals surface area contributed by atoms with Gasteiger partial charge in [0.2, 0.25) is 0 Å². The van der Waals surface area contributed by atoms with Crippen molar-refractivity contribution in [2.24, 2.45) is 0 Å². The third-order valence-corrected chi connectivity index (χ3v) is 4.83. The largest absolute Gasteiger partial charge is 1.00 e. The lowest BCUT2D eigenvalue weighted by atomic mass is 10.1. The van der Waals surface area contributed by atoms with Crippen LogP contribution < -0.4 is 24.0 Å². The Hall–Kier alpha value is 0.690. The molecule has 0 aliphatic rings. The Morgan fingerprint density at radius 2 is 0.773 bits per heavy atom. The minimum atomic E-state index is 0. The van der Waals surface area contributed by atoms with Crippen molar-refractivity contribution in [3.05, 3.63) is 0 Å². The molecule has 1 nitrogen and oxygen atoms in total. The third kappa shape index (κ3) is 13.2. The van der Waals surface area contributed by atoms with Crippen LogP contribution in [-0.2, 0) is 0 Å². The van der Waals surface area contributed by atoms with E-state index >= 15 is 0 Å². The predicted molar refractivity (Wildman–Crippen MR) is 97.8 cm³/mol. The second kappa shape index (κ2) is 18.0. The zero-order valence-corrected chi connectivity index (χ0v) is 18.3. The van der Waals surface area contributed by atoms with Crippen LogP contribution >= 0.6 is 0 Å². The van der Waals surface area contributed by atoms with Crippen molar-refractivity contribution in [1.29, 1.82) is 0 Å². The summed E-state index contributed by atoms with van der Waals surface area (Å²) in [4.78, 5) is 0. The van der Waals surface area contributed by atoms with Crippen LogP contribution in [0.4, 0.5) is 0 Å². The van der Waals surface area contributed by atoms with Gasteiger partial charge in [-0.05, 0) is 32.1 Å². The minimum Gasteiger partial charge on any atom is -1.00 e. The Balaban J connectivity index is 0. The normalized spacial score (nSPS) is 11.5. The first-order valence-corrected chi connectivity index (χ1v) is 10.1. The van der Waals surface area contributed by atoms with Crippen molar-refractivity contribution in [3.8, 4) is 0 Å². The molecule has 0 unspecified atom stereocenters. The Bertz CT molecular complexity index is 189. The fraction of sp³-hybridized carbons (Fsp3) is 1.00. The molecule has 0 heterocycles. The van der Waals surface area contributed by atoms with Gasteiger partial charge >= 0.3 is 0 Å². The van der Waals surface area contributed by atoms with Gasteiger partial charge in [0, 0.05) is 0 Å². The van der Waals surface area contributed by atoms with Crippen molar-refractivity contribution in [2.45, 2.75) is 105 Å². The number of nitrogens with zero attached hydrogens (tertiary/aromatic N) is 1. The van der Waals surface area contributed by atoms with Gasteiger partial charge in [-0.2, -0.15) is 0 Å². The second-order valence-corrected chi connectivity index (χ2v) is 7.06. The van der Waals surface area contributed by atoms with Crippen LogP contribution in [0.2, 0.25) is 0 Å². The third-order valence-electron chi connectivity index (χ3n) is 4.83. The molecule has 0 aliphatic carbocycles. The van der Waals surface area contributed by atoms with Crippen LogP contribution in [0.3, 0.4) is 0 Å². The fourth-order valence-corrected chi connectivity index (χ4v) is 3.85. The first-order chi connectivity index (χ1) is 10.2. The van der Waals surface area contributed by atoms with Gasteiger partial charge in [-0.25, -0.2) is 0 Å². The average Bonchev–Trinajstić information content (AvgIpc) is 2.46. The SMILES string of the molecule is CCCCCCCCCCC[N+](CCC)(CCC)CCC.[I-]. The lowest BCUT2D eigenvalue weighted by Crippen LogP contribution is -3.00. The summed E-state index contributed by atoms with van der Waals surface area (Å²) in [6.45, 7) is 15.0. The lowest BCUT2D eigenvalue weighted by molar-refractivity contribution is -0.928. The van der Waals surface area contributed by atoms with E-state index in [1.165, 1.54) is 108 Å². The first kappa shape index (κ1) is 24.9. The number of halogens is 1. The van der Waals surface area contributed by atoms with Crippen LogP contribution in [0, 0.1) is 0 Å². The van der Waals surface area contributed by atoms with Crippen molar-refractivity contribution in [2.75, 3.05) is 26.2 Å². The van der Waals surface area contributed by atoms with Crippen LogP contribution in [0.1, 0.15) is 105 Å². The number of hydrogen-bond donors (Lipinski definition) is 0. The number of hydrogen-bond acceptors (Lipinski definition) is 0. The maximum Gasteiger partial charge on any atom is 0.0786 e. The molecule has 0 aromatic rings. The van der Waals surface area contributed by atoms with Crippen molar-refractivity contribution in [3.63, 3.8) is 0 Å². The van der Waals surface area contributed by atoms with E-state index in [9.17, 15) is 0 Å². The molecule has 0 radical (unpaired) electrons. The van der Waals surface area contributed by atoms with Crippen LogP contribution in [0.15, 0.2) is 0 Å². The number of rotatable bonds is 16. The van der Waals surface area contributed by atoms with Gasteiger partial charge in [0.25, 0.3) is 0 Å². The highest BCUT2D eigenvalue weighted by Crippen LogP contribution is 2.16. The molecule has 136 valence electrons. The quantitative estimate of drug-likeness (QED) is 0.202. The van der Waals surface area contributed by atoms with Crippen LogP contribution in [-0.4, -0.2) is 30.7 Å². The first-order valence-electron chi connectivity index (χ1n) is 10.1. The molecule has 0 spiro atoms. The van der Waals surface area contributed by atoms with Crippen LogP contribution in [0.5, 0.6) is 0 Å². The van der Waals surface area contributed by atoms with E-state index in [1.807, 2.05) is 0 Å². The fourth-order valence-electron chi connectivity index (χ4n) is 3.85. The monoisotopic (exact) mass is 425 g/mol. The molecule has 22 heavy (non-hydrogen) atoms. The second-order valence-electron chi connectivity index (χ2n) is 7.06. The Morgan fingerprint density at radius 1 is 0.409 bits per heavy atom. The molecule has 0 aromatic heterocycles. The highest BCUT2D eigenvalue weighted by molar-refractivity contribution is 4.50. The van der Waals surface area contributed by atoms with Crippen molar-refractivity contribution in [1.82, 2.24) is 0 Å². The predicted octanol–water partition coefficient (Wildman–Crippen LogP) is 3.57. The average molecular weight is 425 g/mol. The molecule has 0 fully saturated rings. The van der Waals surface area contributed by atoms with Gasteiger partial charge in [-0.15, -0.1) is 0 Å². The molecular formula is C20H44IN. The van der Waals surface area contributed by atoms with E-state index in [4.69, 9.17) is 0 Å². The molecule has 0 atom stereocenters. The molecule has 0 N–H and O–H groups in total. The maximum absolute atomic E-state index is 2.36. The van der Waals surface area contributed by atoms with Gasteiger partial charge in [0.15, 0.2) is 0 Å². The van der Waals surface area contributed by atoms with E-state index in [-0.39, 0.29) is 24.0 Å². The highest BCUT2D eigenvalue weighted by atomic mass is 127. The molecular weight excluding hydrogens is 381 g/mol. The van der Waals surface area contributed by atoms with Gasteiger partial charge in [-0.1, -0.05) is 72.6 Å². The van der Waals surface area contributed by atoms with E-state index < -0.39 is 0 Å². The van der Waals surface area contributed by atoms with Gasteiger partial charge < -0.3 is 28.5 Å². The van der Waals surface area contributed by atoms with Gasteiger partial charge in [0.05, 0.1) is 26.2 Å². The summed E-state index contributed by atoms with van der Waals surface area (Å²) in [6.07, 6.45) is 17.1. The smallest absolute Gasteiger partial charge is 0.0786 e. The zero-order valence-electron chi connectivity index (χ0n) is 16.1. The molecule has 0 aliphatic heterocycles. The Kier molecular flexibility index (Phi) is 20.4. The molecule has 2 heteroatoms. The minimum absolute atomic E-state index is 0. The molecule has 0 saturated heterocycles. The van der Waals surface area contributed by atoms with E-state index in [0.717, 1.165) is 0 Å². The lowest BCUT2D eigenvalue weighted by Gasteiger charge is -2.38. The molecule has 0 bridgehead atoms. The van der Waals surface area contributed by atoms with E-state index in [1.54, 1.807) is 0 Å². The Morgan fingerprint density at radius 3 is 1.14 bits per heavy atom. The molecule has 0 rings (SSSR count). The Labute approximate surface area is 159 Å². The summed E-state index contributed by atoms with van der Waals surface area (Å²) >= 11 is 0. The highest BCUT2D eigenvalue weighted by Gasteiger charge is 2.23. The zero-order chi connectivity index (χ0) is 15.8. The van der Waals surface area contributed by atoms with Crippen molar-refractivity contribution < 1.29 is 28.5 Å². The molecule has 0 saturated carbocycles. The summed E-state index contributed by atoms with van der Waals surface area (Å²) in [5.41, 5.74) is 0. The van der Waals surface area contributed by atoms with Crippen molar-refractivity contribution >= 4 is 0 Å². The summed E-state index contributed by atoms with van der Waals surface area (Å²) in [7, 11) is 0. The topological polar surface area (TPSA) is 0 Å². The summed E-state index contributed by atoms with van der Waals surface area (Å²) in [5.74, 6) is 0. The van der Waals surface area contributed by atoms with E-state index in [2.05, 4.69) is 27.7 Å². The molecule has 0 amide bonds. The van der Waals surface area contributed by atoms with Crippen LogP contribution in [0.25, 0.3) is 0 Å².